The third-order valence-electron chi connectivity index (χ3n) is 2.45. The molecule has 0 spiro atoms. The minimum Gasteiger partial charge on any atom is -0.473 e. The van der Waals surface area contributed by atoms with Gasteiger partial charge in [-0.05, 0) is 41.3 Å². The van der Waals surface area contributed by atoms with Gasteiger partial charge in [0.2, 0.25) is 0 Å². The lowest BCUT2D eigenvalue weighted by atomic mass is 10.1. The molecule has 0 saturated carbocycles. The number of aromatic nitrogens is 1. The molecule has 5 heteroatoms. The Morgan fingerprint density at radius 3 is 3.12 bits per heavy atom. The predicted molar refractivity (Wildman–Crippen MR) is 61.0 cm³/mol. The number of halogens is 2. The Morgan fingerprint density at radius 1 is 1.56 bits per heavy atom. The molecule has 1 unspecified atom stereocenters. The van der Waals surface area contributed by atoms with Gasteiger partial charge in [0.1, 0.15) is 6.61 Å². The Balaban J connectivity index is 1.88. The molecule has 1 aromatic heterocycles. The van der Waals surface area contributed by atoms with Crippen LogP contribution in [0.5, 0.6) is 5.88 Å². The monoisotopic (exact) mass is 289 g/mol. The maximum atomic E-state index is 13.3. The van der Waals surface area contributed by atoms with Crippen molar-refractivity contribution < 1.29 is 13.9 Å². The fourth-order valence-electron chi connectivity index (χ4n) is 1.62. The van der Waals surface area contributed by atoms with Gasteiger partial charge in [-0.3, -0.25) is 0 Å². The van der Waals surface area contributed by atoms with Crippen LogP contribution in [0.4, 0.5) is 4.39 Å². The molecular formula is C11H13BrFNO2. The van der Waals surface area contributed by atoms with Crippen LogP contribution in [0.2, 0.25) is 0 Å². The van der Waals surface area contributed by atoms with E-state index in [1.165, 1.54) is 12.3 Å². The van der Waals surface area contributed by atoms with Crippen molar-refractivity contribution in [2.45, 2.75) is 25.4 Å². The zero-order valence-corrected chi connectivity index (χ0v) is 10.4. The van der Waals surface area contributed by atoms with Crippen molar-refractivity contribution in [2.75, 3.05) is 13.2 Å². The van der Waals surface area contributed by atoms with Gasteiger partial charge in [0.15, 0.2) is 5.82 Å². The van der Waals surface area contributed by atoms with Crippen LogP contribution in [0.15, 0.2) is 16.7 Å². The number of ether oxygens (including phenoxy) is 2. The van der Waals surface area contributed by atoms with Crippen LogP contribution in [0, 0.1) is 5.82 Å². The van der Waals surface area contributed by atoms with Gasteiger partial charge in [-0.25, -0.2) is 9.37 Å². The van der Waals surface area contributed by atoms with Crippen molar-refractivity contribution >= 4 is 15.9 Å². The van der Waals surface area contributed by atoms with Crippen molar-refractivity contribution in [2.24, 2.45) is 0 Å². The second kappa shape index (κ2) is 5.59. The van der Waals surface area contributed by atoms with E-state index in [0.717, 1.165) is 25.9 Å². The van der Waals surface area contributed by atoms with Crippen molar-refractivity contribution in [1.29, 1.82) is 0 Å². The molecule has 3 nitrogen and oxygen atoms in total. The second-order valence-electron chi connectivity index (χ2n) is 3.74. The summed E-state index contributed by atoms with van der Waals surface area (Å²) < 4.78 is 24.7. The Bertz CT molecular complexity index is 356. The fourth-order valence-corrected chi connectivity index (χ4v) is 1.92. The van der Waals surface area contributed by atoms with Gasteiger partial charge >= 0.3 is 0 Å². The lowest BCUT2D eigenvalue weighted by Crippen LogP contribution is -2.26. The molecule has 0 aliphatic carbocycles. The van der Waals surface area contributed by atoms with Crippen LogP contribution in [0.1, 0.15) is 19.3 Å². The summed E-state index contributed by atoms with van der Waals surface area (Å²) in [6.07, 6.45) is 4.79. The van der Waals surface area contributed by atoms with Crippen molar-refractivity contribution in [1.82, 2.24) is 4.98 Å². The molecule has 1 fully saturated rings. The minimum absolute atomic E-state index is 0.0392. The average molecular weight is 290 g/mol. The summed E-state index contributed by atoms with van der Waals surface area (Å²) >= 11 is 3.14. The fraction of sp³-hybridized carbons (Fsp3) is 0.545. The summed E-state index contributed by atoms with van der Waals surface area (Å²) in [4.78, 5) is 3.86. The van der Waals surface area contributed by atoms with E-state index in [1.54, 1.807) is 0 Å². The first-order valence-corrected chi connectivity index (χ1v) is 6.10. The molecule has 2 rings (SSSR count). The first kappa shape index (κ1) is 11.8. The van der Waals surface area contributed by atoms with Gasteiger partial charge in [0.05, 0.1) is 6.10 Å². The summed E-state index contributed by atoms with van der Waals surface area (Å²) in [7, 11) is 0. The number of hydrogen-bond donors (Lipinski definition) is 0. The van der Waals surface area contributed by atoms with E-state index >= 15 is 0 Å². The van der Waals surface area contributed by atoms with Crippen molar-refractivity contribution in [3.8, 4) is 5.88 Å². The Labute approximate surface area is 102 Å². The summed E-state index contributed by atoms with van der Waals surface area (Å²) in [6, 6.07) is 1.34. The number of rotatable bonds is 3. The van der Waals surface area contributed by atoms with Crippen molar-refractivity contribution in [3.63, 3.8) is 0 Å². The van der Waals surface area contributed by atoms with Gasteiger partial charge in [0, 0.05) is 17.3 Å². The third kappa shape index (κ3) is 3.15. The first-order valence-electron chi connectivity index (χ1n) is 5.31. The van der Waals surface area contributed by atoms with Gasteiger partial charge in [-0.2, -0.15) is 0 Å². The maximum absolute atomic E-state index is 13.3. The highest BCUT2D eigenvalue weighted by molar-refractivity contribution is 9.10. The molecule has 0 N–H and O–H groups in total. The third-order valence-corrected chi connectivity index (χ3v) is 2.89. The van der Waals surface area contributed by atoms with Gasteiger partial charge in [-0.15, -0.1) is 0 Å². The lowest BCUT2D eigenvalue weighted by Gasteiger charge is -2.22. The van der Waals surface area contributed by atoms with E-state index in [0.29, 0.717) is 11.1 Å². The molecule has 88 valence electrons. The molecule has 0 aromatic carbocycles. The van der Waals surface area contributed by atoms with Crippen LogP contribution in [-0.4, -0.2) is 24.3 Å². The van der Waals surface area contributed by atoms with Gasteiger partial charge in [-0.1, -0.05) is 0 Å². The van der Waals surface area contributed by atoms with E-state index < -0.39 is 5.82 Å². The van der Waals surface area contributed by atoms with Crippen LogP contribution in [0.25, 0.3) is 0 Å². The van der Waals surface area contributed by atoms with E-state index in [4.69, 9.17) is 9.47 Å². The quantitative estimate of drug-likeness (QED) is 0.857. The summed E-state index contributed by atoms with van der Waals surface area (Å²) in [6.45, 7) is 1.13. The van der Waals surface area contributed by atoms with E-state index in [-0.39, 0.29) is 12.0 Å². The number of hydrogen-bond acceptors (Lipinski definition) is 3. The SMILES string of the molecule is Fc1cc(Br)cnc1OCC1CCCCO1. The highest BCUT2D eigenvalue weighted by Gasteiger charge is 2.15. The topological polar surface area (TPSA) is 31.4 Å². The number of pyridine rings is 1. The standard InChI is InChI=1S/C11H13BrFNO2/c12-8-5-10(13)11(14-6-8)16-7-9-3-1-2-4-15-9/h5-6,9H,1-4,7H2. The molecule has 1 aliphatic rings. The molecule has 0 bridgehead atoms. The predicted octanol–water partition coefficient (Wildman–Crippen LogP) is 2.93. The Kier molecular flexibility index (Phi) is 4.12. The molecule has 16 heavy (non-hydrogen) atoms. The van der Waals surface area contributed by atoms with E-state index in [2.05, 4.69) is 20.9 Å². The second-order valence-corrected chi connectivity index (χ2v) is 4.66. The lowest BCUT2D eigenvalue weighted by molar-refractivity contribution is -0.0127. The zero-order chi connectivity index (χ0) is 11.4. The van der Waals surface area contributed by atoms with Crippen molar-refractivity contribution in [3.05, 3.63) is 22.6 Å². The molecule has 1 aliphatic heterocycles. The van der Waals surface area contributed by atoms with Crippen LogP contribution in [0.3, 0.4) is 0 Å². The van der Waals surface area contributed by atoms with Crippen LogP contribution < -0.4 is 4.74 Å². The first-order chi connectivity index (χ1) is 7.75. The molecule has 0 radical (unpaired) electrons. The largest absolute Gasteiger partial charge is 0.473 e. The van der Waals surface area contributed by atoms with E-state index in [9.17, 15) is 4.39 Å². The highest BCUT2D eigenvalue weighted by Crippen LogP contribution is 2.19. The van der Waals surface area contributed by atoms with Crippen LogP contribution >= 0.6 is 15.9 Å². The summed E-state index contributed by atoms with van der Waals surface area (Å²) in [5.41, 5.74) is 0. The molecular weight excluding hydrogens is 277 g/mol. The molecule has 1 aromatic rings. The highest BCUT2D eigenvalue weighted by atomic mass is 79.9. The molecule has 1 atom stereocenters. The zero-order valence-electron chi connectivity index (χ0n) is 8.79. The summed E-state index contributed by atoms with van der Waals surface area (Å²) in [5, 5.41) is 0. The Hall–Kier alpha value is -0.680. The molecule has 2 heterocycles. The van der Waals surface area contributed by atoms with E-state index in [1.807, 2.05) is 0 Å². The minimum atomic E-state index is -0.454. The van der Waals surface area contributed by atoms with Gasteiger partial charge < -0.3 is 9.47 Å². The maximum Gasteiger partial charge on any atom is 0.250 e. The molecule has 1 saturated heterocycles. The smallest absolute Gasteiger partial charge is 0.250 e. The van der Waals surface area contributed by atoms with Crippen LogP contribution in [-0.2, 0) is 4.74 Å². The summed E-state index contributed by atoms with van der Waals surface area (Å²) in [5.74, 6) is -0.414. The normalized spacial score (nSPS) is 20.8. The van der Waals surface area contributed by atoms with Gasteiger partial charge in [0.25, 0.3) is 5.88 Å². The average Bonchev–Trinajstić information content (AvgIpc) is 2.29. The Morgan fingerprint density at radius 2 is 2.44 bits per heavy atom. The number of nitrogens with zero attached hydrogens (tertiary/aromatic N) is 1. The molecule has 0 amide bonds.